The summed E-state index contributed by atoms with van der Waals surface area (Å²) in [5.41, 5.74) is 6.01. The Hall–Kier alpha value is -1.80. The fourth-order valence-corrected chi connectivity index (χ4v) is 1.42. The lowest BCUT2D eigenvalue weighted by molar-refractivity contribution is 0.392. The van der Waals surface area contributed by atoms with Crippen LogP contribution >= 0.6 is 0 Å². The van der Waals surface area contributed by atoms with Crippen molar-refractivity contribution in [1.29, 1.82) is 0 Å². The van der Waals surface area contributed by atoms with Gasteiger partial charge >= 0.3 is 0 Å². The van der Waals surface area contributed by atoms with Crippen LogP contribution in [0.1, 0.15) is 5.82 Å². The third-order valence-electron chi connectivity index (χ3n) is 2.37. The highest BCUT2D eigenvalue weighted by Crippen LogP contribution is 2.13. The highest BCUT2D eigenvalue weighted by molar-refractivity contribution is 5.43. The molecule has 0 amide bonds. The van der Waals surface area contributed by atoms with E-state index >= 15 is 0 Å². The molecule has 0 fully saturated rings. The van der Waals surface area contributed by atoms with E-state index in [1.165, 1.54) is 0 Å². The maximum atomic E-state index is 5.44. The second-order valence-corrected chi connectivity index (χ2v) is 4.22. The van der Waals surface area contributed by atoms with Gasteiger partial charge in [0, 0.05) is 19.5 Å². The minimum atomic E-state index is 0.395. The highest BCUT2D eigenvalue weighted by atomic mass is 16.5. The summed E-state index contributed by atoms with van der Waals surface area (Å²) in [6.07, 6.45) is 2.49. The SMILES string of the molecule is CN(C)CCc1noc(-c2cn(CCN)nn2)n1. The summed E-state index contributed by atoms with van der Waals surface area (Å²) in [7, 11) is 4.00. The molecular formula is C10H17N7O. The minimum Gasteiger partial charge on any atom is -0.332 e. The summed E-state index contributed by atoms with van der Waals surface area (Å²) < 4.78 is 6.80. The fourth-order valence-electron chi connectivity index (χ4n) is 1.42. The topological polar surface area (TPSA) is 98.9 Å². The molecule has 2 aromatic heterocycles. The zero-order valence-corrected chi connectivity index (χ0v) is 10.6. The Morgan fingerprint density at radius 3 is 3.00 bits per heavy atom. The number of hydrogen-bond donors (Lipinski definition) is 1. The van der Waals surface area contributed by atoms with Crippen LogP contribution < -0.4 is 5.73 Å². The second-order valence-electron chi connectivity index (χ2n) is 4.22. The lowest BCUT2D eigenvalue weighted by atomic mass is 10.4. The Kier molecular flexibility index (Phi) is 4.00. The van der Waals surface area contributed by atoms with E-state index in [-0.39, 0.29) is 0 Å². The van der Waals surface area contributed by atoms with E-state index in [0.717, 1.165) is 13.0 Å². The molecule has 0 radical (unpaired) electrons. The van der Waals surface area contributed by atoms with E-state index in [1.54, 1.807) is 10.9 Å². The lowest BCUT2D eigenvalue weighted by Gasteiger charge is -2.05. The molecule has 0 aliphatic rings. The number of likely N-dealkylation sites (N-methyl/N-ethyl adjacent to an activating group) is 1. The standard InChI is InChI=1S/C10H17N7O/c1-16(2)5-3-9-12-10(18-14-9)8-7-17(6-4-11)15-13-8/h7H,3-6,11H2,1-2H3. The van der Waals surface area contributed by atoms with Crippen LogP contribution in [0, 0.1) is 0 Å². The summed E-state index contributed by atoms with van der Waals surface area (Å²) in [6.45, 7) is 2.01. The molecule has 0 aliphatic carbocycles. The summed E-state index contributed by atoms with van der Waals surface area (Å²) in [6, 6.07) is 0. The zero-order chi connectivity index (χ0) is 13.0. The molecular weight excluding hydrogens is 234 g/mol. The minimum absolute atomic E-state index is 0.395. The summed E-state index contributed by atoms with van der Waals surface area (Å²) in [5.74, 6) is 1.07. The smallest absolute Gasteiger partial charge is 0.280 e. The van der Waals surface area contributed by atoms with Gasteiger partial charge in [-0.05, 0) is 14.1 Å². The first-order valence-electron chi connectivity index (χ1n) is 5.77. The van der Waals surface area contributed by atoms with Crippen molar-refractivity contribution in [3.05, 3.63) is 12.0 Å². The van der Waals surface area contributed by atoms with Crippen molar-refractivity contribution in [2.45, 2.75) is 13.0 Å². The van der Waals surface area contributed by atoms with Gasteiger partial charge in [-0.15, -0.1) is 5.10 Å². The molecule has 0 unspecified atom stereocenters. The number of hydrogen-bond acceptors (Lipinski definition) is 7. The molecule has 2 N–H and O–H groups in total. The van der Waals surface area contributed by atoms with Crippen molar-refractivity contribution in [2.75, 3.05) is 27.2 Å². The van der Waals surface area contributed by atoms with Crippen molar-refractivity contribution in [3.63, 3.8) is 0 Å². The molecule has 0 aromatic carbocycles. The predicted molar refractivity (Wildman–Crippen MR) is 64.6 cm³/mol. The highest BCUT2D eigenvalue weighted by Gasteiger charge is 2.12. The number of rotatable bonds is 6. The van der Waals surface area contributed by atoms with Gasteiger partial charge in [-0.25, -0.2) is 0 Å². The Labute approximate surface area is 105 Å². The Balaban J connectivity index is 2.04. The van der Waals surface area contributed by atoms with E-state index in [0.29, 0.717) is 30.5 Å². The van der Waals surface area contributed by atoms with Crippen LogP contribution in [0.5, 0.6) is 0 Å². The Morgan fingerprint density at radius 2 is 2.28 bits per heavy atom. The van der Waals surface area contributed by atoms with Crippen LogP contribution in [0.25, 0.3) is 11.6 Å². The van der Waals surface area contributed by atoms with Gasteiger partial charge < -0.3 is 15.2 Å². The molecule has 2 aromatic rings. The first-order chi connectivity index (χ1) is 8.69. The molecule has 0 saturated heterocycles. The monoisotopic (exact) mass is 251 g/mol. The van der Waals surface area contributed by atoms with Crippen LogP contribution in [0.4, 0.5) is 0 Å². The molecule has 0 aliphatic heterocycles. The largest absolute Gasteiger partial charge is 0.332 e. The van der Waals surface area contributed by atoms with Gasteiger partial charge in [0.1, 0.15) is 0 Å². The van der Waals surface area contributed by atoms with Gasteiger partial charge in [0.15, 0.2) is 11.5 Å². The first-order valence-corrected chi connectivity index (χ1v) is 5.77. The van der Waals surface area contributed by atoms with Crippen molar-refractivity contribution in [3.8, 4) is 11.6 Å². The number of nitrogens with zero attached hydrogens (tertiary/aromatic N) is 6. The summed E-state index contributed by atoms with van der Waals surface area (Å²) in [4.78, 5) is 6.34. The van der Waals surface area contributed by atoms with E-state index < -0.39 is 0 Å². The molecule has 18 heavy (non-hydrogen) atoms. The molecule has 0 spiro atoms. The van der Waals surface area contributed by atoms with Crippen molar-refractivity contribution in [2.24, 2.45) is 5.73 Å². The molecule has 8 nitrogen and oxygen atoms in total. The van der Waals surface area contributed by atoms with E-state index in [1.807, 2.05) is 14.1 Å². The quantitative estimate of drug-likeness (QED) is 0.731. The average molecular weight is 251 g/mol. The summed E-state index contributed by atoms with van der Waals surface area (Å²) >= 11 is 0. The van der Waals surface area contributed by atoms with Gasteiger partial charge in [-0.1, -0.05) is 10.4 Å². The first kappa shape index (κ1) is 12.7. The average Bonchev–Trinajstić information content (AvgIpc) is 2.94. The van der Waals surface area contributed by atoms with Gasteiger partial charge in [0.25, 0.3) is 5.89 Å². The molecule has 0 atom stereocenters. The molecule has 0 bridgehead atoms. The predicted octanol–water partition coefficient (Wildman–Crippen LogP) is -0.609. The van der Waals surface area contributed by atoms with Crippen molar-refractivity contribution >= 4 is 0 Å². The fraction of sp³-hybridized carbons (Fsp3) is 0.600. The Morgan fingerprint density at radius 1 is 1.44 bits per heavy atom. The number of aromatic nitrogens is 5. The third-order valence-corrected chi connectivity index (χ3v) is 2.37. The van der Waals surface area contributed by atoms with E-state index in [2.05, 4.69) is 25.4 Å². The molecule has 98 valence electrons. The second kappa shape index (κ2) is 5.69. The maximum Gasteiger partial charge on any atom is 0.280 e. The summed E-state index contributed by atoms with van der Waals surface area (Å²) in [5, 5.41) is 11.8. The van der Waals surface area contributed by atoms with Crippen molar-refractivity contribution in [1.82, 2.24) is 30.0 Å². The van der Waals surface area contributed by atoms with Gasteiger partial charge in [0.05, 0.1) is 12.7 Å². The molecule has 8 heteroatoms. The van der Waals surface area contributed by atoms with Crippen LogP contribution in [-0.4, -0.2) is 57.2 Å². The van der Waals surface area contributed by atoms with E-state index in [4.69, 9.17) is 10.3 Å². The van der Waals surface area contributed by atoms with Crippen LogP contribution in [0.15, 0.2) is 10.7 Å². The van der Waals surface area contributed by atoms with Crippen LogP contribution in [0.2, 0.25) is 0 Å². The van der Waals surface area contributed by atoms with Crippen LogP contribution in [0.3, 0.4) is 0 Å². The lowest BCUT2D eigenvalue weighted by Crippen LogP contribution is -2.15. The van der Waals surface area contributed by atoms with Gasteiger partial charge in [-0.2, -0.15) is 4.98 Å². The van der Waals surface area contributed by atoms with Gasteiger partial charge in [0.2, 0.25) is 0 Å². The van der Waals surface area contributed by atoms with Gasteiger partial charge in [-0.3, -0.25) is 4.68 Å². The third kappa shape index (κ3) is 3.11. The Bertz CT molecular complexity index is 490. The molecule has 0 saturated carbocycles. The molecule has 2 heterocycles. The van der Waals surface area contributed by atoms with E-state index in [9.17, 15) is 0 Å². The normalized spacial score (nSPS) is 11.3. The zero-order valence-electron chi connectivity index (χ0n) is 10.6. The maximum absolute atomic E-state index is 5.44. The van der Waals surface area contributed by atoms with Crippen molar-refractivity contribution < 1.29 is 4.52 Å². The molecule has 2 rings (SSSR count). The number of nitrogens with two attached hydrogens (primary N) is 1. The van der Waals surface area contributed by atoms with Crippen LogP contribution in [-0.2, 0) is 13.0 Å².